The van der Waals surface area contributed by atoms with Crippen LogP contribution in [0.1, 0.15) is 10.4 Å². The van der Waals surface area contributed by atoms with Gasteiger partial charge in [-0.15, -0.1) is 10.2 Å². The first-order chi connectivity index (χ1) is 16.7. The van der Waals surface area contributed by atoms with Crippen LogP contribution in [0.25, 0.3) is 28.3 Å². The molecule has 0 radical (unpaired) electrons. The second-order valence-electron chi connectivity index (χ2n) is 7.32. The van der Waals surface area contributed by atoms with Gasteiger partial charge in [-0.2, -0.15) is 9.61 Å². The van der Waals surface area contributed by atoms with Crippen LogP contribution in [0.4, 0.5) is 5.69 Å². The molecular weight excluding hydrogens is 432 g/mol. The first kappa shape index (κ1) is 21.1. The maximum Gasteiger partial charge on any atom is 0.263 e. The quantitative estimate of drug-likeness (QED) is 0.413. The summed E-state index contributed by atoms with van der Waals surface area (Å²) in [6, 6.07) is 20.1. The molecule has 0 atom stereocenters. The summed E-state index contributed by atoms with van der Waals surface area (Å²) in [5.74, 6) is 1.15. The lowest BCUT2D eigenvalue weighted by molar-refractivity contribution is 0.102. The normalized spacial score (nSPS) is 10.8. The molecule has 0 unspecified atom stereocenters. The summed E-state index contributed by atoms with van der Waals surface area (Å²) in [5, 5.41) is 16.0. The summed E-state index contributed by atoms with van der Waals surface area (Å²) >= 11 is 0. The average molecular weight is 452 g/mol. The van der Waals surface area contributed by atoms with Crippen LogP contribution in [0.15, 0.2) is 79.1 Å². The number of fused-ring (bicyclic) bond motifs is 1. The zero-order chi connectivity index (χ0) is 23.5. The van der Waals surface area contributed by atoms with Crippen molar-refractivity contribution >= 4 is 17.2 Å². The fourth-order valence-corrected chi connectivity index (χ4v) is 3.61. The number of hydrogen-bond acceptors (Lipinski definition) is 7. The third-order valence-electron chi connectivity index (χ3n) is 5.28. The van der Waals surface area contributed by atoms with Gasteiger partial charge in [0.1, 0.15) is 17.1 Å². The molecule has 0 aliphatic rings. The van der Waals surface area contributed by atoms with Crippen molar-refractivity contribution in [3.63, 3.8) is 0 Å². The third kappa shape index (κ3) is 3.90. The molecule has 0 spiro atoms. The number of nitrogens with zero attached hydrogens (tertiary/aromatic N) is 5. The SMILES string of the molecule is COc1cccc(OC)c1C(=O)Nc1ccc(-c2ccc3nnc(-c4cccnc4)n3n2)cc1. The third-order valence-corrected chi connectivity index (χ3v) is 5.28. The molecule has 0 fully saturated rings. The van der Waals surface area contributed by atoms with Crippen molar-refractivity contribution < 1.29 is 14.3 Å². The smallest absolute Gasteiger partial charge is 0.263 e. The van der Waals surface area contributed by atoms with Crippen LogP contribution in [-0.4, -0.2) is 44.9 Å². The van der Waals surface area contributed by atoms with Crippen LogP contribution in [0.5, 0.6) is 11.5 Å². The van der Waals surface area contributed by atoms with Crippen molar-refractivity contribution in [1.82, 2.24) is 24.8 Å². The largest absolute Gasteiger partial charge is 0.496 e. The molecule has 0 aliphatic heterocycles. The Labute approximate surface area is 195 Å². The highest BCUT2D eigenvalue weighted by Gasteiger charge is 2.18. The van der Waals surface area contributed by atoms with Crippen molar-refractivity contribution in [3.8, 4) is 34.1 Å². The van der Waals surface area contributed by atoms with Gasteiger partial charge in [0.05, 0.1) is 19.9 Å². The molecule has 9 nitrogen and oxygen atoms in total. The van der Waals surface area contributed by atoms with E-state index >= 15 is 0 Å². The molecule has 1 amide bonds. The second-order valence-corrected chi connectivity index (χ2v) is 7.32. The van der Waals surface area contributed by atoms with E-state index in [1.807, 2.05) is 48.5 Å². The van der Waals surface area contributed by atoms with E-state index in [9.17, 15) is 4.79 Å². The van der Waals surface area contributed by atoms with E-state index < -0.39 is 0 Å². The van der Waals surface area contributed by atoms with E-state index in [-0.39, 0.29) is 5.91 Å². The number of carbonyl (C=O) groups excluding carboxylic acids is 1. The number of hydrogen-bond donors (Lipinski definition) is 1. The second kappa shape index (κ2) is 8.99. The lowest BCUT2D eigenvalue weighted by Gasteiger charge is -2.13. The molecule has 0 aliphatic carbocycles. The highest BCUT2D eigenvalue weighted by atomic mass is 16.5. The Bertz CT molecular complexity index is 1440. The summed E-state index contributed by atoms with van der Waals surface area (Å²) in [6.07, 6.45) is 3.43. The van der Waals surface area contributed by atoms with Crippen LogP contribution < -0.4 is 14.8 Å². The standard InChI is InChI=1S/C25H20N6O3/c1-33-20-6-3-7-21(34-2)23(20)25(32)27-18-10-8-16(9-11-18)19-12-13-22-28-29-24(31(22)30-19)17-5-4-14-26-15-17/h3-15H,1-2H3,(H,27,32). The maximum absolute atomic E-state index is 12.9. The summed E-state index contributed by atoms with van der Waals surface area (Å²) in [7, 11) is 3.03. The van der Waals surface area contributed by atoms with Crippen molar-refractivity contribution in [2.24, 2.45) is 0 Å². The van der Waals surface area contributed by atoms with Crippen LogP contribution in [0, 0.1) is 0 Å². The Balaban J connectivity index is 1.41. The van der Waals surface area contributed by atoms with Crippen LogP contribution >= 0.6 is 0 Å². The van der Waals surface area contributed by atoms with Gasteiger partial charge in [0.2, 0.25) is 0 Å². The van der Waals surface area contributed by atoms with Crippen molar-refractivity contribution in [3.05, 3.63) is 84.7 Å². The minimum atomic E-state index is -0.327. The summed E-state index contributed by atoms with van der Waals surface area (Å²) in [6.45, 7) is 0. The lowest BCUT2D eigenvalue weighted by atomic mass is 10.1. The highest BCUT2D eigenvalue weighted by Crippen LogP contribution is 2.29. The molecule has 3 heterocycles. The monoisotopic (exact) mass is 452 g/mol. The van der Waals surface area contributed by atoms with E-state index in [1.54, 1.807) is 35.1 Å². The minimum Gasteiger partial charge on any atom is -0.496 e. The van der Waals surface area contributed by atoms with Crippen LogP contribution in [0.2, 0.25) is 0 Å². The molecule has 5 rings (SSSR count). The molecule has 1 N–H and O–H groups in total. The Hall–Kier alpha value is -4.79. The van der Waals surface area contributed by atoms with Gasteiger partial charge in [-0.25, -0.2) is 0 Å². The molecule has 0 saturated heterocycles. The van der Waals surface area contributed by atoms with Crippen LogP contribution in [0.3, 0.4) is 0 Å². The number of carbonyl (C=O) groups is 1. The summed E-state index contributed by atoms with van der Waals surface area (Å²) in [4.78, 5) is 17.1. The van der Waals surface area contributed by atoms with Crippen molar-refractivity contribution in [2.75, 3.05) is 19.5 Å². The summed E-state index contributed by atoms with van der Waals surface area (Å²) < 4.78 is 12.3. The number of amides is 1. The molecule has 3 aromatic heterocycles. The number of nitrogens with one attached hydrogen (secondary N) is 1. The topological polar surface area (TPSA) is 104 Å². The molecule has 0 bridgehead atoms. The number of pyridine rings is 1. The Morgan fingerprint density at radius 1 is 0.853 bits per heavy atom. The Morgan fingerprint density at radius 2 is 1.62 bits per heavy atom. The highest BCUT2D eigenvalue weighted by molar-refractivity contribution is 6.08. The maximum atomic E-state index is 12.9. The Morgan fingerprint density at radius 3 is 2.29 bits per heavy atom. The number of benzene rings is 2. The zero-order valence-corrected chi connectivity index (χ0v) is 18.5. The average Bonchev–Trinajstić information content (AvgIpc) is 3.32. The first-order valence-electron chi connectivity index (χ1n) is 10.4. The van der Waals surface area contributed by atoms with Gasteiger partial charge in [-0.3, -0.25) is 9.78 Å². The first-order valence-corrected chi connectivity index (χ1v) is 10.4. The molecule has 168 valence electrons. The molecular formula is C25H20N6O3. The van der Waals surface area contributed by atoms with Gasteiger partial charge >= 0.3 is 0 Å². The zero-order valence-electron chi connectivity index (χ0n) is 18.5. The number of rotatable bonds is 6. The number of methoxy groups -OCH3 is 2. The number of ether oxygens (including phenoxy) is 2. The van der Waals surface area contributed by atoms with E-state index in [2.05, 4.69) is 20.5 Å². The Kier molecular flexibility index (Phi) is 5.57. The fraction of sp³-hybridized carbons (Fsp3) is 0.0800. The number of anilines is 1. The van der Waals surface area contributed by atoms with Crippen molar-refractivity contribution in [2.45, 2.75) is 0 Å². The van der Waals surface area contributed by atoms with Gasteiger partial charge in [0.25, 0.3) is 5.91 Å². The number of aromatic nitrogens is 5. The van der Waals surface area contributed by atoms with Gasteiger partial charge in [-0.05, 0) is 48.5 Å². The van der Waals surface area contributed by atoms with Gasteiger partial charge in [-0.1, -0.05) is 18.2 Å². The lowest BCUT2D eigenvalue weighted by Crippen LogP contribution is -2.14. The predicted octanol–water partition coefficient (Wildman–Crippen LogP) is 4.12. The van der Waals surface area contributed by atoms with E-state index in [0.717, 1.165) is 16.8 Å². The molecule has 5 aromatic rings. The van der Waals surface area contributed by atoms with Gasteiger partial charge < -0.3 is 14.8 Å². The minimum absolute atomic E-state index is 0.327. The molecule has 34 heavy (non-hydrogen) atoms. The fourth-order valence-electron chi connectivity index (χ4n) is 3.61. The predicted molar refractivity (Wildman–Crippen MR) is 127 cm³/mol. The van der Waals surface area contributed by atoms with E-state index in [0.29, 0.717) is 34.2 Å². The van der Waals surface area contributed by atoms with Gasteiger partial charge in [0.15, 0.2) is 11.5 Å². The van der Waals surface area contributed by atoms with Gasteiger partial charge in [0, 0.05) is 29.2 Å². The summed E-state index contributed by atoms with van der Waals surface area (Å²) in [5.41, 5.74) is 4.03. The molecule has 2 aromatic carbocycles. The van der Waals surface area contributed by atoms with Crippen LogP contribution in [-0.2, 0) is 0 Å². The van der Waals surface area contributed by atoms with E-state index in [1.165, 1.54) is 14.2 Å². The molecule has 9 heteroatoms. The van der Waals surface area contributed by atoms with Crippen molar-refractivity contribution in [1.29, 1.82) is 0 Å². The molecule has 0 saturated carbocycles. The van der Waals surface area contributed by atoms with E-state index in [4.69, 9.17) is 14.6 Å².